The van der Waals surface area contributed by atoms with Gasteiger partial charge in [-0.15, -0.1) is 11.3 Å². The second-order valence-corrected chi connectivity index (χ2v) is 6.62. The van der Waals surface area contributed by atoms with E-state index in [1.54, 1.807) is 21.4 Å². The van der Waals surface area contributed by atoms with Crippen LogP contribution in [-0.2, 0) is 14.4 Å². The molecule has 3 amide bonds. The Morgan fingerprint density at radius 1 is 1.50 bits per heavy atom. The van der Waals surface area contributed by atoms with Crippen LogP contribution in [0.1, 0.15) is 19.3 Å². The number of rotatable bonds is 3. The van der Waals surface area contributed by atoms with Crippen LogP contribution in [-0.4, -0.2) is 58.7 Å². The third kappa shape index (κ3) is 2.96. The van der Waals surface area contributed by atoms with Crippen LogP contribution in [0.15, 0.2) is 11.6 Å². The quantitative estimate of drug-likeness (QED) is 0.824. The molecule has 1 aromatic rings. The molecule has 0 radical (unpaired) electrons. The molecular weight excluding hydrogens is 304 g/mol. The third-order valence-electron chi connectivity index (χ3n) is 4.36. The molecule has 2 atom stereocenters. The minimum atomic E-state index is -0.346. The minimum Gasteiger partial charge on any atom is -0.342 e. The molecule has 3 rings (SSSR count). The van der Waals surface area contributed by atoms with Crippen molar-refractivity contribution in [3.63, 3.8) is 0 Å². The van der Waals surface area contributed by atoms with Crippen LogP contribution in [0.4, 0.5) is 5.13 Å². The van der Waals surface area contributed by atoms with Crippen molar-refractivity contribution < 1.29 is 14.4 Å². The van der Waals surface area contributed by atoms with E-state index in [4.69, 9.17) is 0 Å². The van der Waals surface area contributed by atoms with E-state index in [0.29, 0.717) is 24.6 Å². The summed E-state index contributed by atoms with van der Waals surface area (Å²) in [6.45, 7) is 1.16. The van der Waals surface area contributed by atoms with Gasteiger partial charge in [-0.2, -0.15) is 0 Å². The summed E-state index contributed by atoms with van der Waals surface area (Å²) in [4.78, 5) is 43.3. The van der Waals surface area contributed by atoms with Crippen LogP contribution in [0.5, 0.6) is 0 Å². The SMILES string of the molecule is CN1C(=O)C[C@H]2CN(C(=O)CC(=O)Nc3nccs3)CC[C@H]21. The van der Waals surface area contributed by atoms with Crippen molar-refractivity contribution in [2.75, 3.05) is 25.5 Å². The summed E-state index contributed by atoms with van der Waals surface area (Å²) in [7, 11) is 1.83. The highest BCUT2D eigenvalue weighted by atomic mass is 32.1. The Morgan fingerprint density at radius 3 is 3.05 bits per heavy atom. The molecule has 2 saturated heterocycles. The smallest absolute Gasteiger partial charge is 0.235 e. The molecule has 7 nitrogen and oxygen atoms in total. The van der Waals surface area contributed by atoms with Crippen LogP contribution in [0, 0.1) is 5.92 Å². The average Bonchev–Trinajstić information content (AvgIpc) is 3.07. The lowest BCUT2D eigenvalue weighted by Gasteiger charge is -2.36. The highest BCUT2D eigenvalue weighted by Crippen LogP contribution is 2.31. The highest BCUT2D eigenvalue weighted by molar-refractivity contribution is 7.13. The Kier molecular flexibility index (Phi) is 4.10. The number of likely N-dealkylation sites (tertiary alicyclic amines) is 2. The fourth-order valence-electron chi connectivity index (χ4n) is 3.21. The predicted molar refractivity (Wildman–Crippen MR) is 81.2 cm³/mol. The number of nitrogens with zero attached hydrogens (tertiary/aromatic N) is 3. The number of anilines is 1. The molecule has 0 aromatic carbocycles. The standard InChI is InChI=1S/C14H18N4O3S/c1-17-10-2-4-18(8-9(10)6-12(17)20)13(21)7-11(19)16-14-15-3-5-22-14/h3,5,9-10H,2,4,6-8H2,1H3,(H,15,16,19)/t9-,10+/m0/s1. The molecule has 118 valence electrons. The Labute approximate surface area is 132 Å². The van der Waals surface area contributed by atoms with Gasteiger partial charge in [-0.25, -0.2) is 4.98 Å². The topological polar surface area (TPSA) is 82.6 Å². The monoisotopic (exact) mass is 322 g/mol. The summed E-state index contributed by atoms with van der Waals surface area (Å²) in [6.07, 6.45) is 2.70. The molecule has 8 heteroatoms. The second kappa shape index (κ2) is 6.04. The molecule has 3 heterocycles. The molecule has 2 aliphatic rings. The van der Waals surface area contributed by atoms with Crippen LogP contribution < -0.4 is 5.32 Å². The highest BCUT2D eigenvalue weighted by Gasteiger charge is 2.41. The van der Waals surface area contributed by atoms with Gasteiger partial charge in [0.25, 0.3) is 0 Å². The average molecular weight is 322 g/mol. The normalized spacial score (nSPS) is 24.3. The van der Waals surface area contributed by atoms with Crippen molar-refractivity contribution in [3.8, 4) is 0 Å². The van der Waals surface area contributed by atoms with Crippen LogP contribution in [0.25, 0.3) is 0 Å². The zero-order chi connectivity index (χ0) is 15.7. The zero-order valence-electron chi connectivity index (χ0n) is 12.3. The number of thiazole rings is 1. The lowest BCUT2D eigenvalue weighted by atomic mass is 9.92. The van der Waals surface area contributed by atoms with Gasteiger partial charge in [0, 0.05) is 50.1 Å². The van der Waals surface area contributed by atoms with Gasteiger partial charge >= 0.3 is 0 Å². The molecule has 0 unspecified atom stereocenters. The van der Waals surface area contributed by atoms with Gasteiger partial charge in [-0.1, -0.05) is 0 Å². The summed E-state index contributed by atoms with van der Waals surface area (Å²) in [5, 5.41) is 4.87. The Bertz CT molecular complexity index is 589. The molecule has 0 bridgehead atoms. The Balaban J connectivity index is 1.53. The second-order valence-electron chi connectivity index (χ2n) is 5.73. The summed E-state index contributed by atoms with van der Waals surface area (Å²) in [5.41, 5.74) is 0. The van der Waals surface area contributed by atoms with Crippen molar-refractivity contribution in [2.24, 2.45) is 5.92 Å². The first-order valence-corrected chi connectivity index (χ1v) is 8.15. The van der Waals surface area contributed by atoms with E-state index in [9.17, 15) is 14.4 Å². The molecule has 0 aliphatic carbocycles. The van der Waals surface area contributed by atoms with E-state index in [-0.39, 0.29) is 36.1 Å². The fraction of sp³-hybridized carbons (Fsp3) is 0.571. The molecule has 1 aromatic heterocycles. The first-order chi connectivity index (χ1) is 10.5. The molecule has 1 N–H and O–H groups in total. The summed E-state index contributed by atoms with van der Waals surface area (Å²) in [6, 6.07) is 0.237. The van der Waals surface area contributed by atoms with E-state index in [1.807, 2.05) is 7.05 Å². The number of aromatic nitrogens is 1. The molecule has 0 saturated carbocycles. The van der Waals surface area contributed by atoms with Gasteiger partial charge in [-0.3, -0.25) is 14.4 Å². The third-order valence-corrected chi connectivity index (χ3v) is 5.05. The lowest BCUT2D eigenvalue weighted by Crippen LogP contribution is -2.48. The zero-order valence-corrected chi connectivity index (χ0v) is 13.1. The molecular formula is C14H18N4O3S. The molecule has 22 heavy (non-hydrogen) atoms. The van der Waals surface area contributed by atoms with Gasteiger partial charge in [0.2, 0.25) is 17.7 Å². The van der Waals surface area contributed by atoms with E-state index < -0.39 is 0 Å². The first-order valence-electron chi connectivity index (χ1n) is 7.27. The summed E-state index contributed by atoms with van der Waals surface area (Å²) >= 11 is 1.32. The van der Waals surface area contributed by atoms with E-state index in [1.165, 1.54) is 11.3 Å². The largest absolute Gasteiger partial charge is 0.342 e. The first kappa shape index (κ1) is 15.0. The summed E-state index contributed by atoms with van der Waals surface area (Å²) < 4.78 is 0. The minimum absolute atomic E-state index is 0.144. The van der Waals surface area contributed by atoms with Crippen molar-refractivity contribution in [1.82, 2.24) is 14.8 Å². The molecule has 2 fully saturated rings. The summed E-state index contributed by atoms with van der Waals surface area (Å²) in [5.74, 6) is -0.195. The number of fused-ring (bicyclic) bond motifs is 1. The van der Waals surface area contributed by atoms with Gasteiger partial charge < -0.3 is 15.1 Å². The molecule has 2 aliphatic heterocycles. The lowest BCUT2D eigenvalue weighted by molar-refractivity contribution is -0.136. The number of piperidine rings is 1. The van der Waals surface area contributed by atoms with Crippen LogP contribution in [0.3, 0.4) is 0 Å². The van der Waals surface area contributed by atoms with Crippen molar-refractivity contribution in [2.45, 2.75) is 25.3 Å². The van der Waals surface area contributed by atoms with E-state index >= 15 is 0 Å². The maximum atomic E-state index is 12.2. The van der Waals surface area contributed by atoms with Gasteiger partial charge in [0.1, 0.15) is 6.42 Å². The number of nitrogens with one attached hydrogen (secondary N) is 1. The van der Waals surface area contributed by atoms with Gasteiger partial charge in [0.15, 0.2) is 5.13 Å². The number of carbonyl (C=O) groups excluding carboxylic acids is 3. The van der Waals surface area contributed by atoms with Gasteiger partial charge in [-0.05, 0) is 6.42 Å². The number of amides is 3. The van der Waals surface area contributed by atoms with Crippen LogP contribution >= 0.6 is 11.3 Å². The number of hydrogen-bond acceptors (Lipinski definition) is 5. The number of carbonyl (C=O) groups is 3. The maximum Gasteiger partial charge on any atom is 0.235 e. The fourth-order valence-corrected chi connectivity index (χ4v) is 3.75. The van der Waals surface area contributed by atoms with E-state index in [2.05, 4.69) is 10.3 Å². The predicted octanol–water partition coefficient (Wildman–Crippen LogP) is 0.551. The number of hydrogen-bond donors (Lipinski definition) is 1. The van der Waals surface area contributed by atoms with Crippen molar-refractivity contribution >= 4 is 34.2 Å². The molecule has 0 spiro atoms. The Morgan fingerprint density at radius 2 is 2.32 bits per heavy atom. The maximum absolute atomic E-state index is 12.2. The van der Waals surface area contributed by atoms with Crippen LogP contribution in [0.2, 0.25) is 0 Å². The van der Waals surface area contributed by atoms with Gasteiger partial charge in [0.05, 0.1) is 0 Å². The van der Waals surface area contributed by atoms with E-state index in [0.717, 1.165) is 6.42 Å². The van der Waals surface area contributed by atoms with Crippen molar-refractivity contribution in [3.05, 3.63) is 11.6 Å². The Hall–Kier alpha value is -1.96. The van der Waals surface area contributed by atoms with Crippen molar-refractivity contribution in [1.29, 1.82) is 0 Å².